The Labute approximate surface area is 148 Å². The monoisotopic (exact) mass is 353 g/mol. The molecule has 0 saturated heterocycles. The van der Waals surface area contributed by atoms with Gasteiger partial charge in [0.2, 0.25) is 11.9 Å². The molecule has 9 heteroatoms. The highest BCUT2D eigenvalue weighted by molar-refractivity contribution is 5.92. The van der Waals surface area contributed by atoms with E-state index < -0.39 is 5.82 Å². The van der Waals surface area contributed by atoms with Gasteiger partial charge in [-0.3, -0.25) is 4.98 Å². The van der Waals surface area contributed by atoms with Gasteiger partial charge in [0.25, 0.3) is 0 Å². The van der Waals surface area contributed by atoms with Gasteiger partial charge in [-0.25, -0.2) is 9.37 Å². The van der Waals surface area contributed by atoms with Crippen molar-refractivity contribution < 1.29 is 9.13 Å². The van der Waals surface area contributed by atoms with Crippen molar-refractivity contribution in [1.29, 1.82) is 0 Å². The molecule has 0 atom stereocenters. The lowest BCUT2D eigenvalue weighted by Crippen LogP contribution is -2.10. The van der Waals surface area contributed by atoms with E-state index in [2.05, 4.69) is 20.1 Å². The molecule has 3 heterocycles. The van der Waals surface area contributed by atoms with Gasteiger partial charge in [0.15, 0.2) is 11.6 Å². The molecule has 0 amide bonds. The predicted molar refractivity (Wildman–Crippen MR) is 94.5 cm³/mol. The number of pyridine rings is 1. The second kappa shape index (κ2) is 6.10. The van der Waals surface area contributed by atoms with E-state index in [4.69, 9.17) is 10.5 Å². The Morgan fingerprint density at radius 3 is 2.77 bits per heavy atom. The van der Waals surface area contributed by atoms with Gasteiger partial charge < -0.3 is 15.0 Å². The van der Waals surface area contributed by atoms with Crippen molar-refractivity contribution in [3.63, 3.8) is 0 Å². The molecule has 0 aliphatic heterocycles. The largest absolute Gasteiger partial charge is 0.494 e. The van der Waals surface area contributed by atoms with Crippen LogP contribution in [-0.2, 0) is 6.54 Å². The van der Waals surface area contributed by atoms with Crippen molar-refractivity contribution in [1.82, 2.24) is 29.3 Å². The third-order valence-electron chi connectivity index (χ3n) is 4.18. The van der Waals surface area contributed by atoms with Gasteiger partial charge in [0, 0.05) is 23.9 Å². The maximum atomic E-state index is 14.8. The van der Waals surface area contributed by atoms with Crippen LogP contribution < -0.4 is 10.5 Å². The standard InChI is InChI=1S/C17H16FN7O/c1-3-24-15-11(10-5-4-6-13(26-2)14(10)18)7-20-8-12(15)23-17(24)25-16(19)21-9-22-25/h4-9H,3H2,1-2H3,(H2,19,21,22). The van der Waals surface area contributed by atoms with E-state index in [0.29, 0.717) is 29.1 Å². The number of methoxy groups -OCH3 is 1. The summed E-state index contributed by atoms with van der Waals surface area (Å²) in [6, 6.07) is 4.99. The minimum absolute atomic E-state index is 0.169. The molecule has 2 N–H and O–H groups in total. The molecule has 0 bridgehead atoms. The van der Waals surface area contributed by atoms with Crippen LogP contribution in [0.25, 0.3) is 28.1 Å². The Balaban J connectivity index is 2.04. The zero-order valence-electron chi connectivity index (χ0n) is 14.2. The average molecular weight is 353 g/mol. The second-order valence-electron chi connectivity index (χ2n) is 5.56. The van der Waals surface area contributed by atoms with Gasteiger partial charge in [0.05, 0.1) is 18.8 Å². The molecule has 0 unspecified atom stereocenters. The maximum absolute atomic E-state index is 14.8. The first-order valence-corrected chi connectivity index (χ1v) is 7.98. The Kier molecular flexibility index (Phi) is 3.76. The summed E-state index contributed by atoms with van der Waals surface area (Å²) in [7, 11) is 1.43. The predicted octanol–water partition coefficient (Wildman–Crippen LogP) is 2.43. The summed E-state index contributed by atoms with van der Waals surface area (Å²) in [6.45, 7) is 2.54. The van der Waals surface area contributed by atoms with Crippen molar-refractivity contribution in [3.8, 4) is 22.8 Å². The molecule has 0 fully saturated rings. The number of halogens is 1. The molecule has 0 saturated carbocycles. The first-order valence-electron chi connectivity index (χ1n) is 7.98. The van der Waals surface area contributed by atoms with E-state index in [9.17, 15) is 4.39 Å². The zero-order valence-corrected chi connectivity index (χ0v) is 14.2. The normalized spacial score (nSPS) is 11.2. The van der Waals surface area contributed by atoms with E-state index >= 15 is 0 Å². The number of rotatable bonds is 4. The molecule has 132 valence electrons. The van der Waals surface area contributed by atoms with Crippen LogP contribution in [0.4, 0.5) is 10.3 Å². The van der Waals surface area contributed by atoms with E-state index in [0.717, 1.165) is 5.52 Å². The fourth-order valence-corrected chi connectivity index (χ4v) is 3.02. The van der Waals surface area contributed by atoms with Crippen molar-refractivity contribution in [2.24, 2.45) is 0 Å². The van der Waals surface area contributed by atoms with Crippen LogP contribution in [-0.4, -0.2) is 36.4 Å². The van der Waals surface area contributed by atoms with E-state index in [1.165, 1.54) is 18.1 Å². The quantitative estimate of drug-likeness (QED) is 0.605. The summed E-state index contributed by atoms with van der Waals surface area (Å²) < 4.78 is 23.3. The lowest BCUT2D eigenvalue weighted by atomic mass is 10.1. The summed E-state index contributed by atoms with van der Waals surface area (Å²) in [5.74, 6) is 0.435. The maximum Gasteiger partial charge on any atom is 0.235 e. The highest BCUT2D eigenvalue weighted by atomic mass is 19.1. The van der Waals surface area contributed by atoms with Crippen molar-refractivity contribution >= 4 is 17.0 Å². The van der Waals surface area contributed by atoms with Gasteiger partial charge in [-0.15, -0.1) is 0 Å². The number of nitrogens with two attached hydrogens (primary N) is 1. The number of aryl methyl sites for hydroxylation is 1. The average Bonchev–Trinajstić information content (AvgIpc) is 3.24. The molecule has 0 radical (unpaired) electrons. The van der Waals surface area contributed by atoms with Crippen LogP contribution in [0.3, 0.4) is 0 Å². The number of fused-ring (bicyclic) bond motifs is 1. The number of aromatic nitrogens is 6. The number of benzene rings is 1. The van der Waals surface area contributed by atoms with Gasteiger partial charge in [-0.2, -0.15) is 14.8 Å². The Hall–Kier alpha value is -3.49. The first kappa shape index (κ1) is 16.0. The summed E-state index contributed by atoms with van der Waals surface area (Å²) in [5.41, 5.74) is 8.21. The molecule has 0 spiro atoms. The topological polar surface area (TPSA) is 96.7 Å². The third-order valence-corrected chi connectivity index (χ3v) is 4.18. The fourth-order valence-electron chi connectivity index (χ4n) is 3.02. The van der Waals surface area contributed by atoms with Crippen molar-refractivity contribution in [2.45, 2.75) is 13.5 Å². The first-order chi connectivity index (χ1) is 12.7. The van der Waals surface area contributed by atoms with Gasteiger partial charge in [-0.1, -0.05) is 12.1 Å². The highest BCUT2D eigenvalue weighted by Gasteiger charge is 2.20. The van der Waals surface area contributed by atoms with Crippen LogP contribution in [0.1, 0.15) is 6.92 Å². The van der Waals surface area contributed by atoms with Crippen LogP contribution in [0.2, 0.25) is 0 Å². The number of hydrogen-bond acceptors (Lipinski definition) is 6. The minimum Gasteiger partial charge on any atom is -0.494 e. The molecular weight excluding hydrogens is 337 g/mol. The van der Waals surface area contributed by atoms with Crippen LogP contribution in [0.5, 0.6) is 5.75 Å². The SMILES string of the molecule is CCn1c(-n2ncnc2N)nc2cncc(-c3cccc(OC)c3F)c21. The van der Waals surface area contributed by atoms with E-state index in [1.54, 1.807) is 30.6 Å². The Morgan fingerprint density at radius 2 is 2.08 bits per heavy atom. The molecule has 4 aromatic rings. The lowest BCUT2D eigenvalue weighted by Gasteiger charge is -2.11. The van der Waals surface area contributed by atoms with Crippen LogP contribution >= 0.6 is 0 Å². The molecule has 8 nitrogen and oxygen atoms in total. The van der Waals surface area contributed by atoms with Crippen molar-refractivity contribution in [3.05, 3.63) is 42.7 Å². The zero-order chi connectivity index (χ0) is 18.3. The van der Waals surface area contributed by atoms with Gasteiger partial charge in [0.1, 0.15) is 11.8 Å². The fraction of sp³-hybridized carbons (Fsp3) is 0.176. The molecule has 1 aromatic carbocycles. The second-order valence-corrected chi connectivity index (χ2v) is 5.56. The van der Waals surface area contributed by atoms with Crippen LogP contribution in [0, 0.1) is 5.82 Å². The highest BCUT2D eigenvalue weighted by Crippen LogP contribution is 2.34. The number of hydrogen-bond donors (Lipinski definition) is 1. The third kappa shape index (κ3) is 2.28. The molecule has 26 heavy (non-hydrogen) atoms. The Bertz CT molecular complexity index is 1100. The summed E-state index contributed by atoms with van der Waals surface area (Å²) in [6.07, 6.45) is 4.60. The van der Waals surface area contributed by atoms with Gasteiger partial charge in [-0.05, 0) is 13.0 Å². The smallest absolute Gasteiger partial charge is 0.235 e. The lowest BCUT2D eigenvalue weighted by molar-refractivity contribution is 0.387. The molecule has 4 rings (SSSR count). The number of anilines is 1. The minimum atomic E-state index is -0.449. The summed E-state index contributed by atoms with van der Waals surface area (Å²) in [5, 5.41) is 4.12. The molecule has 0 aliphatic carbocycles. The molecule has 0 aliphatic rings. The molecule has 3 aromatic heterocycles. The van der Waals surface area contributed by atoms with E-state index in [-0.39, 0.29) is 11.7 Å². The number of nitrogen functional groups attached to an aromatic ring is 1. The van der Waals surface area contributed by atoms with Crippen molar-refractivity contribution in [2.75, 3.05) is 12.8 Å². The number of nitrogens with zero attached hydrogens (tertiary/aromatic N) is 6. The number of ether oxygens (including phenoxy) is 1. The van der Waals surface area contributed by atoms with Crippen LogP contribution in [0.15, 0.2) is 36.9 Å². The van der Waals surface area contributed by atoms with E-state index in [1.807, 2.05) is 11.5 Å². The number of imidazole rings is 1. The van der Waals surface area contributed by atoms with Gasteiger partial charge >= 0.3 is 0 Å². The Morgan fingerprint density at radius 1 is 1.23 bits per heavy atom. The molecular formula is C17H16FN7O. The summed E-state index contributed by atoms with van der Waals surface area (Å²) >= 11 is 0. The summed E-state index contributed by atoms with van der Waals surface area (Å²) in [4.78, 5) is 12.7.